The Hall–Kier alpha value is -7.63. The van der Waals surface area contributed by atoms with E-state index in [-0.39, 0.29) is 0 Å². The Balaban J connectivity index is 1.33. The maximum atomic E-state index is 5.09. The summed E-state index contributed by atoms with van der Waals surface area (Å²) in [4.78, 5) is 7.74. The van der Waals surface area contributed by atoms with Gasteiger partial charge in [0.2, 0.25) is 0 Å². The van der Waals surface area contributed by atoms with Gasteiger partial charge in [-0.3, -0.25) is 0 Å². The fourth-order valence-corrected chi connectivity index (χ4v) is 8.55. The molecule has 3 heterocycles. The Kier molecular flexibility index (Phi) is 7.42. The maximum Gasteiger partial charge on any atom is 0.108 e. The number of H-pyrrole nitrogens is 2. The fraction of sp³-hybridized carbons (Fsp3) is 0. The second-order valence-corrected chi connectivity index (χ2v) is 14.2. The molecule has 0 bridgehead atoms. The van der Waals surface area contributed by atoms with Crippen molar-refractivity contribution in [2.75, 3.05) is 0 Å². The molecule has 0 radical (unpaired) electrons. The van der Waals surface area contributed by atoms with Crippen LogP contribution in [0, 0.1) is 0 Å². The zero-order chi connectivity index (χ0) is 37.0. The van der Waals surface area contributed by atoms with Crippen LogP contribution >= 0.6 is 0 Å². The molecule has 11 rings (SSSR count). The van der Waals surface area contributed by atoms with E-state index in [0.717, 1.165) is 99.9 Å². The normalized spacial score (nSPS) is 11.6. The van der Waals surface area contributed by atoms with E-state index in [1.807, 2.05) is 6.07 Å². The van der Waals surface area contributed by atoms with Crippen LogP contribution in [-0.2, 0) is 0 Å². The number of aromatic nitrogens is 5. The van der Waals surface area contributed by atoms with Gasteiger partial charge in [0.15, 0.2) is 0 Å². The molecule has 2 N–H and O–H groups in total. The van der Waals surface area contributed by atoms with Crippen LogP contribution in [0.3, 0.4) is 0 Å². The Morgan fingerprint density at radius 3 is 1.38 bits per heavy atom. The molecule has 0 aliphatic carbocycles. The van der Waals surface area contributed by atoms with Crippen LogP contribution in [0.1, 0.15) is 0 Å². The summed E-state index contributed by atoms with van der Waals surface area (Å²) in [7, 11) is 0. The van der Waals surface area contributed by atoms with Crippen molar-refractivity contribution in [2.24, 2.45) is 0 Å². The average molecular weight is 716 g/mol. The number of para-hydroxylation sites is 2. The standard InChI is InChI=1S/C51H33N5/c1-4-16-32(17-5-1)35-22-10-11-25-39(35)46-48(34-20-8-3-9-21-34)54-56-55-51(46)47-42(31-30-41-38-24-13-15-27-44(38)53-50(41)47)45-36(33-18-6-2-7-19-33)28-29-40-37-23-12-14-26-43(37)52-49(40)45/h1-31,52-53H. The Labute approximate surface area is 323 Å². The van der Waals surface area contributed by atoms with E-state index < -0.39 is 0 Å². The number of benzene rings is 8. The first-order valence-electron chi connectivity index (χ1n) is 18.9. The van der Waals surface area contributed by atoms with Crippen LogP contribution in [0.5, 0.6) is 0 Å². The summed E-state index contributed by atoms with van der Waals surface area (Å²) in [6.07, 6.45) is 0. The van der Waals surface area contributed by atoms with Gasteiger partial charge in [-0.05, 0) is 50.7 Å². The predicted molar refractivity (Wildman–Crippen MR) is 231 cm³/mol. The number of nitrogens with zero attached hydrogens (tertiary/aromatic N) is 3. The number of rotatable bonds is 6. The van der Waals surface area contributed by atoms with Crippen molar-refractivity contribution in [1.82, 2.24) is 25.4 Å². The largest absolute Gasteiger partial charge is 0.354 e. The lowest BCUT2D eigenvalue weighted by molar-refractivity contribution is 0.879. The van der Waals surface area contributed by atoms with Crippen molar-refractivity contribution in [3.8, 4) is 67.0 Å². The molecular formula is C51H33N5. The molecule has 0 fully saturated rings. The topological polar surface area (TPSA) is 70.2 Å². The molecule has 5 nitrogen and oxygen atoms in total. The van der Waals surface area contributed by atoms with Gasteiger partial charge in [-0.1, -0.05) is 176 Å². The third kappa shape index (κ3) is 5.06. The molecule has 8 aromatic carbocycles. The van der Waals surface area contributed by atoms with E-state index in [9.17, 15) is 0 Å². The first-order valence-corrected chi connectivity index (χ1v) is 18.9. The van der Waals surface area contributed by atoms with E-state index in [1.54, 1.807) is 0 Å². The highest BCUT2D eigenvalue weighted by atomic mass is 15.3. The zero-order valence-electron chi connectivity index (χ0n) is 30.2. The second-order valence-electron chi connectivity index (χ2n) is 14.2. The highest BCUT2D eigenvalue weighted by Gasteiger charge is 2.28. The summed E-state index contributed by atoms with van der Waals surface area (Å²) in [5.41, 5.74) is 16.2. The molecule has 262 valence electrons. The van der Waals surface area contributed by atoms with Crippen LogP contribution in [0.25, 0.3) is 111 Å². The van der Waals surface area contributed by atoms with E-state index in [1.165, 1.54) is 10.8 Å². The molecule has 0 aliphatic heterocycles. The van der Waals surface area contributed by atoms with Gasteiger partial charge in [-0.2, -0.15) is 0 Å². The minimum atomic E-state index is 0.751. The molecule has 5 heteroatoms. The number of aromatic amines is 2. The third-order valence-corrected chi connectivity index (χ3v) is 11.0. The van der Waals surface area contributed by atoms with Gasteiger partial charge in [-0.25, -0.2) is 0 Å². The van der Waals surface area contributed by atoms with E-state index in [4.69, 9.17) is 10.2 Å². The van der Waals surface area contributed by atoms with Gasteiger partial charge >= 0.3 is 0 Å². The van der Waals surface area contributed by atoms with Crippen LogP contribution in [-0.4, -0.2) is 25.4 Å². The van der Waals surface area contributed by atoms with E-state index in [0.29, 0.717) is 0 Å². The molecule has 3 aromatic heterocycles. The minimum absolute atomic E-state index is 0.751. The first-order chi connectivity index (χ1) is 27.8. The molecule has 56 heavy (non-hydrogen) atoms. The molecular weight excluding hydrogens is 683 g/mol. The van der Waals surface area contributed by atoms with Gasteiger partial charge in [-0.15, -0.1) is 10.2 Å². The molecule has 0 amide bonds. The smallest absolute Gasteiger partial charge is 0.108 e. The van der Waals surface area contributed by atoms with Crippen LogP contribution in [0.2, 0.25) is 0 Å². The molecule has 0 atom stereocenters. The number of nitrogens with one attached hydrogen (secondary N) is 2. The minimum Gasteiger partial charge on any atom is -0.354 e. The summed E-state index contributed by atoms with van der Waals surface area (Å²) < 4.78 is 0. The monoisotopic (exact) mass is 715 g/mol. The lowest BCUT2D eigenvalue weighted by atomic mass is 9.84. The van der Waals surface area contributed by atoms with Crippen molar-refractivity contribution in [2.45, 2.75) is 0 Å². The first kappa shape index (κ1) is 31.9. The maximum absolute atomic E-state index is 5.09. The SMILES string of the molecule is c1ccc(-c2ccccc2-c2c(-c3ccccc3)nnnc2-c2c(-c3c(-c4ccccc4)ccc4c3[nH]c3ccccc34)ccc3c2[nH]c2ccccc23)cc1. The van der Waals surface area contributed by atoms with Gasteiger partial charge in [0, 0.05) is 54.8 Å². The van der Waals surface area contributed by atoms with E-state index >= 15 is 0 Å². The van der Waals surface area contributed by atoms with Gasteiger partial charge < -0.3 is 9.97 Å². The molecule has 0 unspecified atom stereocenters. The second kappa shape index (κ2) is 13.0. The van der Waals surface area contributed by atoms with Crippen molar-refractivity contribution < 1.29 is 0 Å². The summed E-state index contributed by atoms with van der Waals surface area (Å²) in [6, 6.07) is 66.3. The quantitative estimate of drug-likeness (QED) is 0.180. The molecule has 0 saturated heterocycles. The summed E-state index contributed by atoms with van der Waals surface area (Å²) in [6.45, 7) is 0. The summed E-state index contributed by atoms with van der Waals surface area (Å²) >= 11 is 0. The molecule has 0 aliphatic rings. The van der Waals surface area contributed by atoms with Gasteiger partial charge in [0.25, 0.3) is 0 Å². The Morgan fingerprint density at radius 1 is 0.286 bits per heavy atom. The molecule has 0 spiro atoms. The Morgan fingerprint density at radius 2 is 0.750 bits per heavy atom. The zero-order valence-corrected chi connectivity index (χ0v) is 30.2. The molecule has 0 saturated carbocycles. The van der Waals surface area contributed by atoms with Crippen molar-refractivity contribution >= 4 is 43.6 Å². The number of hydrogen-bond acceptors (Lipinski definition) is 3. The van der Waals surface area contributed by atoms with Crippen LogP contribution < -0.4 is 0 Å². The fourth-order valence-electron chi connectivity index (χ4n) is 8.55. The summed E-state index contributed by atoms with van der Waals surface area (Å²) in [5.74, 6) is 0. The van der Waals surface area contributed by atoms with Crippen molar-refractivity contribution in [3.05, 3.63) is 188 Å². The number of hydrogen-bond donors (Lipinski definition) is 2. The van der Waals surface area contributed by atoms with Crippen LogP contribution in [0.4, 0.5) is 0 Å². The highest BCUT2D eigenvalue weighted by Crippen LogP contribution is 2.50. The highest BCUT2D eigenvalue weighted by molar-refractivity contribution is 6.21. The summed E-state index contributed by atoms with van der Waals surface area (Å²) in [5, 5.41) is 19.1. The lowest BCUT2D eigenvalue weighted by Gasteiger charge is -2.20. The van der Waals surface area contributed by atoms with Crippen molar-refractivity contribution in [3.63, 3.8) is 0 Å². The molecule has 11 aromatic rings. The Bertz CT molecular complexity index is 3240. The van der Waals surface area contributed by atoms with Crippen LogP contribution in [0.15, 0.2) is 188 Å². The van der Waals surface area contributed by atoms with Gasteiger partial charge in [0.05, 0.1) is 11.0 Å². The number of fused-ring (bicyclic) bond motifs is 6. The average Bonchev–Trinajstić information content (AvgIpc) is 3.85. The lowest BCUT2D eigenvalue weighted by Crippen LogP contribution is -2.03. The van der Waals surface area contributed by atoms with E-state index in [2.05, 4.69) is 197 Å². The van der Waals surface area contributed by atoms with Crippen molar-refractivity contribution in [1.29, 1.82) is 0 Å². The third-order valence-electron chi connectivity index (χ3n) is 11.0. The van der Waals surface area contributed by atoms with Gasteiger partial charge in [0.1, 0.15) is 11.4 Å². The predicted octanol–water partition coefficient (Wildman–Crippen LogP) is 13.1.